The standard InChI is InChI=1S/C46H51ClN6O8/c1-5-39(55)26(2)49-44(59)38-23-28-9-20-40(56)36(22-28)35-24-32(14-15-33(35)25-54)41(45(60)50-27(3)42(57)52-38)53(4)46(61)37(8-6-7-21-48)51-43(58)31-12-10-29(11-13-31)30-16-18-34(47)19-17-30/h9-20,22,24-27,37-38,41,56H,5-8,21,23,48H2,1-4H3,(H,49,59)(H,50,60)(H,51,58)(H,52,57)/t26-,27-,37-,38-,41-/m0/s1. The second-order valence-corrected chi connectivity index (χ2v) is 15.5. The Labute approximate surface area is 359 Å². The van der Waals surface area contributed by atoms with Crippen molar-refractivity contribution in [3.05, 3.63) is 112 Å². The number of hydrogen-bond donors (Lipinski definition) is 6. The third-order valence-corrected chi connectivity index (χ3v) is 11.0. The van der Waals surface area contributed by atoms with Crippen LogP contribution in [0.15, 0.2) is 84.9 Å². The van der Waals surface area contributed by atoms with E-state index in [1.165, 1.54) is 50.1 Å². The predicted octanol–water partition coefficient (Wildman–Crippen LogP) is 4.65. The van der Waals surface area contributed by atoms with Crippen molar-refractivity contribution in [1.82, 2.24) is 26.2 Å². The van der Waals surface area contributed by atoms with Crippen LogP contribution >= 0.6 is 11.6 Å². The summed E-state index contributed by atoms with van der Waals surface area (Å²) >= 11 is 6.04. The van der Waals surface area contributed by atoms with Gasteiger partial charge in [-0.05, 0) is 110 Å². The Bertz CT molecular complexity index is 2280. The SMILES string of the molecule is CCC(=O)[C@H](C)NC(=O)[C@@H]1Cc2ccc(O)c(c2)-c2cc(ccc2C=O)[C@H](N(C)C(=O)[C@H](CCCCN)NC(=O)c2ccc(-c3ccc(Cl)cc3)cc2)C(=O)N[C@@H](C)C(=O)N1. The van der Waals surface area contributed by atoms with Crippen molar-refractivity contribution in [3.63, 3.8) is 0 Å². The number of ketones is 1. The highest BCUT2D eigenvalue weighted by molar-refractivity contribution is 6.30. The van der Waals surface area contributed by atoms with E-state index in [2.05, 4.69) is 21.3 Å². The first-order valence-electron chi connectivity index (χ1n) is 20.1. The second-order valence-electron chi connectivity index (χ2n) is 15.1. The first-order valence-corrected chi connectivity index (χ1v) is 20.5. The Kier molecular flexibility index (Phi) is 15.5. The number of phenols is 1. The lowest BCUT2D eigenvalue weighted by molar-refractivity contribution is -0.141. The minimum absolute atomic E-state index is 0.0711. The number of benzene rings is 4. The van der Waals surface area contributed by atoms with Crippen molar-refractivity contribution >= 4 is 53.2 Å². The minimum atomic E-state index is -1.43. The summed E-state index contributed by atoms with van der Waals surface area (Å²) in [7, 11) is 1.40. The molecule has 5 amide bonds. The summed E-state index contributed by atoms with van der Waals surface area (Å²) in [6.07, 6.45) is 1.91. The molecule has 5 atom stereocenters. The maximum atomic E-state index is 14.6. The third kappa shape index (κ3) is 11.3. The van der Waals surface area contributed by atoms with E-state index < -0.39 is 59.7 Å². The van der Waals surface area contributed by atoms with Crippen LogP contribution in [-0.2, 0) is 30.4 Å². The molecule has 5 rings (SSSR count). The fraction of sp³-hybridized carbons (Fsp3) is 0.326. The highest BCUT2D eigenvalue weighted by Gasteiger charge is 2.36. The Hall–Kier alpha value is -6.38. The molecule has 0 saturated carbocycles. The molecule has 0 aliphatic carbocycles. The van der Waals surface area contributed by atoms with Crippen LogP contribution in [-0.4, -0.2) is 89.4 Å². The minimum Gasteiger partial charge on any atom is -0.507 e. The van der Waals surface area contributed by atoms with Gasteiger partial charge < -0.3 is 37.0 Å². The molecule has 0 aromatic heterocycles. The molecule has 14 nitrogen and oxygen atoms in total. The summed E-state index contributed by atoms with van der Waals surface area (Å²) in [6, 6.07) is 17.3. The van der Waals surface area contributed by atoms with Crippen molar-refractivity contribution in [2.45, 2.75) is 83.1 Å². The van der Waals surface area contributed by atoms with Crippen LogP contribution in [0.1, 0.15) is 84.3 Å². The topological polar surface area (TPSA) is 217 Å². The second kappa shape index (κ2) is 20.7. The van der Waals surface area contributed by atoms with Crippen LogP contribution in [0.4, 0.5) is 0 Å². The quantitative estimate of drug-likeness (QED) is 0.0768. The lowest BCUT2D eigenvalue weighted by Crippen LogP contribution is -2.56. The van der Waals surface area contributed by atoms with Gasteiger partial charge in [0.05, 0.1) is 6.04 Å². The van der Waals surface area contributed by atoms with Crippen LogP contribution in [0.2, 0.25) is 5.02 Å². The third-order valence-electron chi connectivity index (χ3n) is 10.7. The summed E-state index contributed by atoms with van der Waals surface area (Å²) in [5.74, 6) is -3.75. The van der Waals surface area contributed by atoms with E-state index in [1.54, 1.807) is 55.5 Å². The number of halogens is 1. The number of fused-ring (bicyclic) bond motifs is 5. The van der Waals surface area contributed by atoms with Crippen LogP contribution in [0.25, 0.3) is 22.3 Å². The van der Waals surface area contributed by atoms with Gasteiger partial charge in [0, 0.05) is 41.6 Å². The Balaban J connectivity index is 1.52. The molecule has 1 aliphatic heterocycles. The molecular formula is C46H51ClN6O8. The van der Waals surface area contributed by atoms with Gasteiger partial charge in [-0.25, -0.2) is 0 Å². The van der Waals surface area contributed by atoms with Gasteiger partial charge in [0.15, 0.2) is 12.1 Å². The molecule has 320 valence electrons. The largest absolute Gasteiger partial charge is 0.507 e. The summed E-state index contributed by atoms with van der Waals surface area (Å²) in [6.45, 7) is 4.97. The number of nitrogens with zero attached hydrogens (tertiary/aromatic N) is 1. The van der Waals surface area contributed by atoms with E-state index >= 15 is 0 Å². The van der Waals surface area contributed by atoms with Gasteiger partial charge in [0.25, 0.3) is 5.91 Å². The van der Waals surface area contributed by atoms with E-state index in [4.69, 9.17) is 17.3 Å². The number of carbonyl (C=O) groups is 7. The molecule has 7 N–H and O–H groups in total. The number of aromatic hydroxyl groups is 1. The molecular weight excluding hydrogens is 800 g/mol. The Morgan fingerprint density at radius 2 is 1.57 bits per heavy atom. The van der Waals surface area contributed by atoms with Crippen LogP contribution < -0.4 is 27.0 Å². The van der Waals surface area contributed by atoms with Crippen LogP contribution in [0, 0.1) is 0 Å². The number of nitrogens with two attached hydrogens (primary N) is 1. The van der Waals surface area contributed by atoms with E-state index in [0.29, 0.717) is 41.8 Å². The van der Waals surface area contributed by atoms with Crippen molar-refractivity contribution < 1.29 is 38.7 Å². The normalized spacial score (nSPS) is 17.4. The van der Waals surface area contributed by atoms with E-state index in [-0.39, 0.29) is 53.0 Å². The maximum absolute atomic E-state index is 14.6. The number of Topliss-reactive ketones (excluding diaryl/α,β-unsaturated/α-hetero) is 1. The summed E-state index contributed by atoms with van der Waals surface area (Å²) < 4.78 is 0. The number of unbranched alkanes of at least 4 members (excludes halogenated alkanes) is 1. The highest BCUT2D eigenvalue weighted by atomic mass is 35.5. The number of rotatable bonds is 14. The average Bonchev–Trinajstić information content (AvgIpc) is 3.25. The number of phenolic OH excluding ortho intramolecular Hbond substituents is 1. The fourth-order valence-electron chi connectivity index (χ4n) is 7.18. The van der Waals surface area contributed by atoms with Crippen molar-refractivity contribution in [1.29, 1.82) is 0 Å². The van der Waals surface area contributed by atoms with E-state index in [1.807, 2.05) is 12.1 Å². The molecule has 0 fully saturated rings. The zero-order valence-electron chi connectivity index (χ0n) is 34.5. The zero-order valence-corrected chi connectivity index (χ0v) is 35.3. The maximum Gasteiger partial charge on any atom is 0.251 e. The average molecular weight is 851 g/mol. The lowest BCUT2D eigenvalue weighted by atomic mass is 9.91. The van der Waals surface area contributed by atoms with Gasteiger partial charge in [-0.3, -0.25) is 33.6 Å². The van der Waals surface area contributed by atoms with Crippen LogP contribution in [0.5, 0.6) is 5.75 Å². The van der Waals surface area contributed by atoms with Gasteiger partial charge in [-0.2, -0.15) is 0 Å². The molecule has 0 unspecified atom stereocenters. The van der Waals surface area contributed by atoms with Crippen molar-refractivity contribution in [2.24, 2.45) is 5.73 Å². The summed E-state index contributed by atoms with van der Waals surface area (Å²) in [5.41, 5.74) is 9.14. The zero-order chi connectivity index (χ0) is 44.4. The van der Waals surface area contributed by atoms with E-state index in [9.17, 15) is 38.7 Å². The molecule has 15 heteroatoms. The smallest absolute Gasteiger partial charge is 0.251 e. The number of aldehydes is 1. The first-order chi connectivity index (χ1) is 29.1. The number of hydrogen-bond acceptors (Lipinski definition) is 9. The fourth-order valence-corrected chi connectivity index (χ4v) is 7.30. The number of carbonyl (C=O) groups excluding carboxylic acids is 7. The van der Waals surface area contributed by atoms with Gasteiger partial charge in [-0.1, -0.05) is 61.0 Å². The molecule has 0 spiro atoms. The number of amides is 5. The first kappa shape index (κ1) is 45.7. The van der Waals surface area contributed by atoms with Gasteiger partial charge in [0.1, 0.15) is 29.9 Å². The summed E-state index contributed by atoms with van der Waals surface area (Å²) in [5, 5.41) is 22.6. The Morgan fingerprint density at radius 3 is 2.21 bits per heavy atom. The van der Waals surface area contributed by atoms with E-state index in [0.717, 1.165) is 11.1 Å². The monoisotopic (exact) mass is 850 g/mol. The predicted molar refractivity (Wildman–Crippen MR) is 232 cm³/mol. The molecule has 4 bridgehead atoms. The number of nitrogens with one attached hydrogen (secondary N) is 4. The van der Waals surface area contributed by atoms with Crippen molar-refractivity contribution in [2.75, 3.05) is 13.6 Å². The molecule has 1 aliphatic rings. The van der Waals surface area contributed by atoms with Crippen molar-refractivity contribution in [3.8, 4) is 28.0 Å². The lowest BCUT2D eigenvalue weighted by Gasteiger charge is -2.32. The van der Waals surface area contributed by atoms with Gasteiger partial charge in [0.2, 0.25) is 23.6 Å². The van der Waals surface area contributed by atoms with Crippen LogP contribution in [0.3, 0.4) is 0 Å². The van der Waals surface area contributed by atoms with Gasteiger partial charge in [-0.15, -0.1) is 0 Å². The molecule has 4 aromatic carbocycles. The van der Waals surface area contributed by atoms with Gasteiger partial charge >= 0.3 is 0 Å². The number of likely N-dealkylation sites (N-methyl/N-ethyl adjacent to an activating group) is 1. The molecule has 0 saturated heterocycles. The summed E-state index contributed by atoms with van der Waals surface area (Å²) in [4.78, 5) is 95.9. The molecule has 1 heterocycles. The molecule has 61 heavy (non-hydrogen) atoms. The molecule has 0 radical (unpaired) electrons. The Morgan fingerprint density at radius 1 is 0.902 bits per heavy atom. The highest BCUT2D eigenvalue weighted by Crippen LogP contribution is 2.36. The molecule has 4 aromatic rings.